The molecule has 0 aromatic rings. The summed E-state index contributed by atoms with van der Waals surface area (Å²) in [6.07, 6.45) is 0. The highest BCUT2D eigenvalue weighted by Gasteiger charge is 2.18. The van der Waals surface area contributed by atoms with E-state index in [0.29, 0.717) is 6.04 Å². The lowest BCUT2D eigenvalue weighted by Gasteiger charge is -2.29. The van der Waals surface area contributed by atoms with Crippen LogP contribution in [0.4, 0.5) is 4.79 Å². The van der Waals surface area contributed by atoms with Crippen molar-refractivity contribution in [3.8, 4) is 0 Å². The van der Waals surface area contributed by atoms with Crippen molar-refractivity contribution in [1.29, 1.82) is 0 Å². The molecule has 2 N–H and O–H groups in total. The Morgan fingerprint density at radius 1 is 1.60 bits per heavy atom. The molecule has 1 rings (SSSR count). The number of carbonyl (C=O) groups is 1. The fourth-order valence-electron chi connectivity index (χ4n) is 0.694. The Labute approximate surface area is 60.6 Å². The van der Waals surface area contributed by atoms with Gasteiger partial charge in [-0.2, -0.15) is 0 Å². The second kappa shape index (κ2) is 2.88. The van der Waals surface area contributed by atoms with Gasteiger partial charge in [-0.3, -0.25) is 0 Å². The van der Waals surface area contributed by atoms with Gasteiger partial charge < -0.3 is 15.5 Å². The van der Waals surface area contributed by atoms with Crippen molar-refractivity contribution in [2.45, 2.75) is 6.04 Å². The average molecular weight is 143 g/mol. The zero-order chi connectivity index (χ0) is 7.56. The van der Waals surface area contributed by atoms with Crippen LogP contribution in [0, 0.1) is 0 Å². The molecule has 0 aromatic heterocycles. The molecule has 4 nitrogen and oxygen atoms in total. The normalized spacial score (nSPS) is 17.8. The van der Waals surface area contributed by atoms with E-state index in [9.17, 15) is 4.79 Å². The minimum Gasteiger partial charge on any atom is -0.333 e. The highest BCUT2D eigenvalue weighted by atomic mass is 16.2. The van der Waals surface area contributed by atoms with Crippen molar-refractivity contribution in [3.05, 3.63) is 0 Å². The summed E-state index contributed by atoms with van der Waals surface area (Å²) in [7, 11) is 3.48. The first-order valence-electron chi connectivity index (χ1n) is 3.38. The smallest absolute Gasteiger partial charge is 0.317 e. The van der Waals surface area contributed by atoms with Crippen LogP contribution in [-0.2, 0) is 0 Å². The summed E-state index contributed by atoms with van der Waals surface area (Å²) in [4.78, 5) is 12.5. The molecular weight excluding hydrogens is 130 g/mol. The molecule has 0 aromatic carbocycles. The number of hydrogen-bond donors (Lipinski definition) is 2. The molecule has 0 spiro atoms. The predicted molar refractivity (Wildman–Crippen MR) is 38.9 cm³/mol. The van der Waals surface area contributed by atoms with Gasteiger partial charge in [-0.15, -0.1) is 0 Å². The maximum absolute atomic E-state index is 10.9. The van der Waals surface area contributed by atoms with Crippen LogP contribution in [0.1, 0.15) is 0 Å². The van der Waals surface area contributed by atoms with Crippen LogP contribution in [0.15, 0.2) is 0 Å². The van der Waals surface area contributed by atoms with Gasteiger partial charge in [-0.25, -0.2) is 4.79 Å². The summed E-state index contributed by atoms with van der Waals surface area (Å²) in [6, 6.07) is 0.335. The van der Waals surface area contributed by atoms with Gasteiger partial charge in [0, 0.05) is 27.2 Å². The molecule has 0 bridgehead atoms. The predicted octanol–water partition coefficient (Wildman–Crippen LogP) is -0.771. The molecule has 2 amide bonds. The maximum atomic E-state index is 10.9. The third-order valence-corrected chi connectivity index (χ3v) is 1.52. The van der Waals surface area contributed by atoms with Gasteiger partial charge in [-0.1, -0.05) is 0 Å². The SMILES string of the molecule is CN(C)C(=O)NC1CNC1. The number of nitrogens with zero attached hydrogens (tertiary/aromatic N) is 1. The average Bonchev–Trinajstić information content (AvgIpc) is 1.77. The first-order valence-corrected chi connectivity index (χ1v) is 3.38. The first kappa shape index (κ1) is 7.34. The third-order valence-electron chi connectivity index (χ3n) is 1.52. The molecule has 58 valence electrons. The van der Waals surface area contributed by atoms with Crippen LogP contribution in [0.3, 0.4) is 0 Å². The van der Waals surface area contributed by atoms with E-state index in [2.05, 4.69) is 10.6 Å². The van der Waals surface area contributed by atoms with Gasteiger partial charge in [0.1, 0.15) is 0 Å². The number of hydrogen-bond acceptors (Lipinski definition) is 2. The fraction of sp³-hybridized carbons (Fsp3) is 0.833. The van der Waals surface area contributed by atoms with Crippen molar-refractivity contribution in [2.24, 2.45) is 0 Å². The first-order chi connectivity index (χ1) is 4.70. The molecule has 1 saturated heterocycles. The molecule has 1 heterocycles. The summed E-state index contributed by atoms with van der Waals surface area (Å²) in [5, 5.41) is 5.91. The highest BCUT2D eigenvalue weighted by Crippen LogP contribution is 1.90. The van der Waals surface area contributed by atoms with E-state index in [1.54, 1.807) is 19.0 Å². The molecule has 0 aliphatic carbocycles. The zero-order valence-corrected chi connectivity index (χ0v) is 6.35. The molecule has 10 heavy (non-hydrogen) atoms. The Hall–Kier alpha value is -0.770. The fourth-order valence-corrected chi connectivity index (χ4v) is 0.694. The molecule has 0 saturated carbocycles. The highest BCUT2D eigenvalue weighted by molar-refractivity contribution is 5.74. The molecule has 0 radical (unpaired) electrons. The quantitative estimate of drug-likeness (QED) is 0.506. The number of carbonyl (C=O) groups excluding carboxylic acids is 1. The van der Waals surface area contributed by atoms with Crippen LogP contribution in [0.5, 0.6) is 0 Å². The van der Waals surface area contributed by atoms with Crippen LogP contribution in [0.25, 0.3) is 0 Å². The number of urea groups is 1. The largest absolute Gasteiger partial charge is 0.333 e. The van der Waals surface area contributed by atoms with E-state index < -0.39 is 0 Å². The van der Waals surface area contributed by atoms with Gasteiger partial charge >= 0.3 is 6.03 Å². The molecule has 1 aliphatic heterocycles. The van der Waals surface area contributed by atoms with Gasteiger partial charge in [0.2, 0.25) is 0 Å². The molecule has 1 fully saturated rings. The van der Waals surface area contributed by atoms with E-state index in [0.717, 1.165) is 13.1 Å². The topological polar surface area (TPSA) is 44.4 Å². The lowest BCUT2D eigenvalue weighted by Crippen LogP contribution is -2.58. The second-order valence-corrected chi connectivity index (χ2v) is 2.70. The van der Waals surface area contributed by atoms with Crippen LogP contribution < -0.4 is 10.6 Å². The van der Waals surface area contributed by atoms with E-state index in [-0.39, 0.29) is 6.03 Å². The molecule has 0 atom stereocenters. The Morgan fingerprint density at radius 2 is 2.20 bits per heavy atom. The summed E-state index contributed by atoms with van der Waals surface area (Å²) in [6.45, 7) is 1.80. The maximum Gasteiger partial charge on any atom is 0.317 e. The number of rotatable bonds is 1. The zero-order valence-electron chi connectivity index (χ0n) is 6.35. The Morgan fingerprint density at radius 3 is 2.50 bits per heavy atom. The summed E-state index contributed by atoms with van der Waals surface area (Å²) < 4.78 is 0. The second-order valence-electron chi connectivity index (χ2n) is 2.70. The van der Waals surface area contributed by atoms with E-state index in [1.807, 2.05) is 0 Å². The lowest BCUT2D eigenvalue weighted by molar-refractivity contribution is 0.207. The lowest BCUT2D eigenvalue weighted by atomic mass is 10.2. The molecule has 0 unspecified atom stereocenters. The van der Waals surface area contributed by atoms with Crippen LogP contribution in [-0.4, -0.2) is 44.2 Å². The molecule has 1 aliphatic rings. The Bertz CT molecular complexity index is 131. The summed E-state index contributed by atoms with van der Waals surface area (Å²) in [5.74, 6) is 0. The van der Waals surface area contributed by atoms with Crippen LogP contribution >= 0.6 is 0 Å². The van der Waals surface area contributed by atoms with Gasteiger partial charge in [0.25, 0.3) is 0 Å². The minimum atomic E-state index is -0.00787. The van der Waals surface area contributed by atoms with Crippen molar-refractivity contribution in [2.75, 3.05) is 27.2 Å². The monoisotopic (exact) mass is 143 g/mol. The number of amides is 2. The molecule has 4 heteroatoms. The van der Waals surface area contributed by atoms with E-state index in [1.165, 1.54) is 0 Å². The number of nitrogens with one attached hydrogen (secondary N) is 2. The minimum absolute atomic E-state index is 0.00787. The van der Waals surface area contributed by atoms with Gasteiger partial charge in [0.15, 0.2) is 0 Å². The van der Waals surface area contributed by atoms with Gasteiger partial charge in [0.05, 0.1) is 6.04 Å². The molecular formula is C6H13N3O. The van der Waals surface area contributed by atoms with Crippen molar-refractivity contribution >= 4 is 6.03 Å². The van der Waals surface area contributed by atoms with Crippen molar-refractivity contribution in [1.82, 2.24) is 15.5 Å². The van der Waals surface area contributed by atoms with Crippen molar-refractivity contribution in [3.63, 3.8) is 0 Å². The standard InChI is InChI=1S/C6H13N3O/c1-9(2)6(10)8-5-3-7-4-5/h5,7H,3-4H2,1-2H3,(H,8,10). The Kier molecular flexibility index (Phi) is 2.11. The van der Waals surface area contributed by atoms with E-state index >= 15 is 0 Å². The third kappa shape index (κ3) is 1.60. The van der Waals surface area contributed by atoms with Crippen LogP contribution in [0.2, 0.25) is 0 Å². The summed E-state index contributed by atoms with van der Waals surface area (Å²) in [5.41, 5.74) is 0. The Balaban J connectivity index is 2.17. The summed E-state index contributed by atoms with van der Waals surface area (Å²) >= 11 is 0. The van der Waals surface area contributed by atoms with Gasteiger partial charge in [-0.05, 0) is 0 Å². The van der Waals surface area contributed by atoms with E-state index in [4.69, 9.17) is 0 Å². The van der Waals surface area contributed by atoms with Crippen molar-refractivity contribution < 1.29 is 4.79 Å².